The van der Waals surface area contributed by atoms with Crippen molar-refractivity contribution < 1.29 is 32.6 Å². The van der Waals surface area contributed by atoms with E-state index < -0.39 is 30.0 Å². The zero-order valence-electron chi connectivity index (χ0n) is 11.8. The molecule has 4 N–H and O–H groups in total. The second kappa shape index (κ2) is 6.86. The highest BCUT2D eigenvalue weighted by atomic mass is 19.4. The minimum absolute atomic E-state index is 0.0214. The first-order valence-corrected chi connectivity index (χ1v) is 6.76. The van der Waals surface area contributed by atoms with Gasteiger partial charge in [-0.05, 0) is 12.8 Å². The van der Waals surface area contributed by atoms with Crippen molar-refractivity contribution in [2.24, 2.45) is 0 Å². The van der Waals surface area contributed by atoms with Crippen molar-refractivity contribution in [1.82, 2.24) is 20.6 Å². The van der Waals surface area contributed by atoms with E-state index in [1.165, 1.54) is 0 Å². The predicted molar refractivity (Wildman–Crippen MR) is 69.4 cm³/mol. The molecule has 2 atom stereocenters. The summed E-state index contributed by atoms with van der Waals surface area (Å²) in [6.45, 7) is -0.130. The standard InChI is InChI=1S/C12H15F3N4O4/c13-12(14,15)8-3-16-9(19-8)4-17-10(20)7-2-1-6(5-23-7)18-11(21)22/h3,6-7,18H,1-2,4-5H2,(H,16,19)(H,17,20)(H,21,22)/t6-,7+/m1/s1. The summed E-state index contributed by atoms with van der Waals surface area (Å²) >= 11 is 0. The molecule has 0 spiro atoms. The number of hydrogen-bond acceptors (Lipinski definition) is 4. The van der Waals surface area contributed by atoms with Crippen LogP contribution in [0.25, 0.3) is 0 Å². The molecule has 1 aromatic heterocycles. The topological polar surface area (TPSA) is 116 Å². The van der Waals surface area contributed by atoms with Gasteiger partial charge in [-0.3, -0.25) is 4.79 Å². The molecule has 1 aromatic rings. The van der Waals surface area contributed by atoms with Crippen molar-refractivity contribution in [3.05, 3.63) is 17.7 Å². The molecule has 11 heteroatoms. The number of aromatic amines is 1. The number of carbonyl (C=O) groups excluding carboxylic acids is 1. The smallest absolute Gasteiger partial charge is 0.434 e. The summed E-state index contributed by atoms with van der Waals surface area (Å²) in [5.74, 6) is -0.504. The summed E-state index contributed by atoms with van der Waals surface area (Å²) in [6.07, 6.45) is -5.01. The number of aromatic nitrogens is 2. The van der Waals surface area contributed by atoms with E-state index in [9.17, 15) is 22.8 Å². The van der Waals surface area contributed by atoms with Crippen molar-refractivity contribution in [3.8, 4) is 0 Å². The molecule has 128 valence electrons. The number of rotatable bonds is 4. The highest BCUT2D eigenvalue weighted by molar-refractivity contribution is 5.80. The van der Waals surface area contributed by atoms with Gasteiger partial charge in [0.1, 0.15) is 11.9 Å². The minimum atomic E-state index is -4.54. The third kappa shape index (κ3) is 4.84. The van der Waals surface area contributed by atoms with E-state index in [1.54, 1.807) is 0 Å². The van der Waals surface area contributed by atoms with Crippen molar-refractivity contribution >= 4 is 12.0 Å². The van der Waals surface area contributed by atoms with Crippen LogP contribution in [-0.4, -0.2) is 45.8 Å². The van der Waals surface area contributed by atoms with E-state index in [2.05, 4.69) is 20.6 Å². The fourth-order valence-corrected chi connectivity index (χ4v) is 2.13. The van der Waals surface area contributed by atoms with Gasteiger partial charge in [-0.25, -0.2) is 9.78 Å². The van der Waals surface area contributed by atoms with Crippen LogP contribution in [0.5, 0.6) is 0 Å². The number of amides is 2. The third-order valence-corrected chi connectivity index (χ3v) is 3.25. The van der Waals surface area contributed by atoms with Gasteiger partial charge in [0, 0.05) is 6.20 Å². The van der Waals surface area contributed by atoms with Crippen molar-refractivity contribution in [3.63, 3.8) is 0 Å². The Labute approximate surface area is 128 Å². The maximum atomic E-state index is 12.4. The van der Waals surface area contributed by atoms with E-state index in [1.807, 2.05) is 0 Å². The molecule has 1 saturated heterocycles. The summed E-state index contributed by atoms with van der Waals surface area (Å²) in [7, 11) is 0. The number of halogens is 3. The molecule has 2 heterocycles. The van der Waals surface area contributed by atoms with Crippen LogP contribution in [0.1, 0.15) is 24.4 Å². The van der Waals surface area contributed by atoms with Crippen LogP contribution < -0.4 is 10.6 Å². The van der Waals surface area contributed by atoms with Gasteiger partial charge in [0.05, 0.1) is 19.2 Å². The van der Waals surface area contributed by atoms with Crippen LogP contribution in [0.4, 0.5) is 18.0 Å². The number of carbonyl (C=O) groups is 2. The lowest BCUT2D eigenvalue weighted by Crippen LogP contribution is -2.46. The summed E-state index contributed by atoms with van der Waals surface area (Å²) in [6, 6.07) is -0.379. The van der Waals surface area contributed by atoms with E-state index in [-0.39, 0.29) is 25.0 Å². The summed E-state index contributed by atoms with van der Waals surface area (Å²) in [5.41, 5.74) is -1.06. The number of alkyl halides is 3. The molecule has 8 nitrogen and oxygen atoms in total. The quantitative estimate of drug-likeness (QED) is 0.651. The number of H-pyrrole nitrogens is 1. The van der Waals surface area contributed by atoms with Gasteiger partial charge in [-0.15, -0.1) is 0 Å². The molecule has 23 heavy (non-hydrogen) atoms. The van der Waals surface area contributed by atoms with Gasteiger partial charge >= 0.3 is 12.3 Å². The van der Waals surface area contributed by atoms with Crippen LogP contribution in [-0.2, 0) is 22.3 Å². The highest BCUT2D eigenvalue weighted by Gasteiger charge is 2.34. The lowest BCUT2D eigenvalue weighted by atomic mass is 10.0. The molecule has 0 aliphatic carbocycles. The molecule has 1 aliphatic rings. The molecule has 0 unspecified atom stereocenters. The van der Waals surface area contributed by atoms with Crippen molar-refractivity contribution in [2.75, 3.05) is 6.61 Å². The number of nitrogens with one attached hydrogen (secondary N) is 3. The number of hydrogen-bond donors (Lipinski definition) is 4. The molecule has 2 rings (SSSR count). The third-order valence-electron chi connectivity index (χ3n) is 3.25. The van der Waals surface area contributed by atoms with Crippen molar-refractivity contribution in [1.29, 1.82) is 0 Å². The van der Waals surface area contributed by atoms with E-state index in [4.69, 9.17) is 9.84 Å². The maximum absolute atomic E-state index is 12.4. The second-order valence-electron chi connectivity index (χ2n) is 4.99. The van der Waals surface area contributed by atoms with Gasteiger partial charge in [-0.2, -0.15) is 13.2 Å². The first-order valence-electron chi connectivity index (χ1n) is 6.76. The molecule has 0 radical (unpaired) electrons. The molecule has 1 aliphatic heterocycles. The van der Waals surface area contributed by atoms with Crippen LogP contribution >= 0.6 is 0 Å². The minimum Gasteiger partial charge on any atom is -0.465 e. The Morgan fingerprint density at radius 1 is 1.43 bits per heavy atom. The summed E-state index contributed by atoms with van der Waals surface area (Å²) in [4.78, 5) is 28.0. The number of nitrogens with zero attached hydrogens (tertiary/aromatic N) is 1. The molecule has 0 aromatic carbocycles. The Morgan fingerprint density at radius 2 is 2.17 bits per heavy atom. The van der Waals surface area contributed by atoms with Crippen LogP contribution in [0.3, 0.4) is 0 Å². The SMILES string of the molecule is O=C(O)N[C@@H]1CC[C@@H](C(=O)NCc2nc(C(F)(F)F)c[nH]2)OC1. The maximum Gasteiger partial charge on any atom is 0.434 e. The Morgan fingerprint density at radius 3 is 2.70 bits per heavy atom. The van der Waals surface area contributed by atoms with Gasteiger partial charge in [0.2, 0.25) is 5.91 Å². The fraction of sp³-hybridized carbons (Fsp3) is 0.583. The van der Waals surface area contributed by atoms with Gasteiger partial charge in [0.15, 0.2) is 5.69 Å². The second-order valence-corrected chi connectivity index (χ2v) is 4.99. The molecule has 0 bridgehead atoms. The zero-order valence-corrected chi connectivity index (χ0v) is 11.8. The van der Waals surface area contributed by atoms with Crippen LogP contribution in [0.15, 0.2) is 6.20 Å². The zero-order chi connectivity index (χ0) is 17.0. The summed E-state index contributed by atoms with van der Waals surface area (Å²) in [5, 5.41) is 13.3. The monoisotopic (exact) mass is 336 g/mol. The first kappa shape index (κ1) is 17.1. The van der Waals surface area contributed by atoms with E-state index in [0.717, 1.165) is 6.20 Å². The predicted octanol–water partition coefficient (Wildman–Crippen LogP) is 0.860. The Hall–Kier alpha value is -2.30. The number of carboxylic acid groups (broad SMARTS) is 1. The largest absolute Gasteiger partial charge is 0.465 e. The van der Waals surface area contributed by atoms with E-state index >= 15 is 0 Å². The molecular weight excluding hydrogens is 321 g/mol. The van der Waals surface area contributed by atoms with Gasteiger partial charge in [0.25, 0.3) is 0 Å². The Balaban J connectivity index is 1.77. The van der Waals surface area contributed by atoms with Crippen molar-refractivity contribution in [2.45, 2.75) is 37.7 Å². The van der Waals surface area contributed by atoms with Crippen LogP contribution in [0, 0.1) is 0 Å². The highest BCUT2D eigenvalue weighted by Crippen LogP contribution is 2.27. The molecule has 1 fully saturated rings. The van der Waals surface area contributed by atoms with Gasteiger partial charge in [-0.1, -0.05) is 0 Å². The lowest BCUT2D eigenvalue weighted by molar-refractivity contribution is -0.140. The average molecular weight is 336 g/mol. The Kier molecular flexibility index (Phi) is 5.08. The van der Waals surface area contributed by atoms with Crippen LogP contribution in [0.2, 0.25) is 0 Å². The van der Waals surface area contributed by atoms with E-state index in [0.29, 0.717) is 12.8 Å². The molecule has 0 saturated carbocycles. The molecule has 2 amide bonds. The number of ether oxygens (including phenoxy) is 1. The summed E-state index contributed by atoms with van der Waals surface area (Å²) < 4.78 is 42.4. The lowest BCUT2D eigenvalue weighted by Gasteiger charge is -2.27. The number of imidazole rings is 1. The Bertz CT molecular complexity index is 567. The fourth-order valence-electron chi connectivity index (χ4n) is 2.13. The average Bonchev–Trinajstić information content (AvgIpc) is 2.94. The normalized spacial score (nSPS) is 21.7. The first-order chi connectivity index (χ1) is 10.8. The molecular formula is C12H15F3N4O4. The van der Waals surface area contributed by atoms with Gasteiger partial charge < -0.3 is 25.5 Å².